The van der Waals surface area contributed by atoms with E-state index in [2.05, 4.69) is 27.0 Å². The minimum Gasteiger partial charge on any atom is -0.354 e. The molecule has 132 valence electrons. The Morgan fingerprint density at radius 3 is 2.72 bits per heavy atom. The van der Waals surface area contributed by atoms with E-state index >= 15 is 0 Å². The number of aromatic nitrogens is 2. The van der Waals surface area contributed by atoms with Gasteiger partial charge in [-0.1, -0.05) is 30.3 Å². The van der Waals surface area contributed by atoms with E-state index in [0.717, 1.165) is 19.4 Å². The van der Waals surface area contributed by atoms with Gasteiger partial charge in [-0.05, 0) is 50.8 Å². The van der Waals surface area contributed by atoms with E-state index in [9.17, 15) is 4.79 Å². The quantitative estimate of drug-likeness (QED) is 0.930. The third kappa shape index (κ3) is 3.21. The van der Waals surface area contributed by atoms with Gasteiger partial charge in [-0.25, -0.2) is 0 Å². The zero-order valence-electron chi connectivity index (χ0n) is 14.9. The smallest absolute Gasteiger partial charge is 0.271 e. The Hall–Kier alpha value is -2.14. The van der Waals surface area contributed by atoms with Crippen LogP contribution in [0.2, 0.25) is 0 Å². The molecule has 5 nitrogen and oxygen atoms in total. The molecule has 1 saturated heterocycles. The van der Waals surface area contributed by atoms with Crippen molar-refractivity contribution in [1.29, 1.82) is 0 Å². The molecule has 0 spiro atoms. The maximum absolute atomic E-state index is 12.4. The molecular formula is C20H26N4O. The Morgan fingerprint density at radius 1 is 1.24 bits per heavy atom. The molecule has 1 aliphatic heterocycles. The summed E-state index contributed by atoms with van der Waals surface area (Å²) in [5.41, 5.74) is 4.26. The maximum atomic E-state index is 12.4. The van der Waals surface area contributed by atoms with E-state index < -0.39 is 0 Å². The number of fused-ring (bicyclic) bond motifs is 1. The second-order valence-electron chi connectivity index (χ2n) is 7.14. The van der Waals surface area contributed by atoms with Crippen LogP contribution < -0.4 is 5.32 Å². The second kappa shape index (κ2) is 7.00. The van der Waals surface area contributed by atoms with Crippen LogP contribution in [0.5, 0.6) is 0 Å². The van der Waals surface area contributed by atoms with Gasteiger partial charge < -0.3 is 10.2 Å². The molecule has 0 saturated carbocycles. The summed E-state index contributed by atoms with van der Waals surface area (Å²) in [7, 11) is 1.69. The molecule has 25 heavy (non-hydrogen) atoms. The lowest BCUT2D eigenvalue weighted by molar-refractivity contribution is 0.0955. The summed E-state index contributed by atoms with van der Waals surface area (Å²) >= 11 is 0. The van der Waals surface area contributed by atoms with E-state index in [1.165, 1.54) is 49.2 Å². The summed E-state index contributed by atoms with van der Waals surface area (Å²) in [5.74, 6) is -0.0647. The van der Waals surface area contributed by atoms with Gasteiger partial charge in [0.05, 0.1) is 6.54 Å². The second-order valence-corrected chi connectivity index (χ2v) is 7.14. The number of nitrogens with one attached hydrogen (secondary N) is 1. The van der Waals surface area contributed by atoms with Gasteiger partial charge in [-0.2, -0.15) is 5.10 Å². The number of benzene rings is 1. The van der Waals surface area contributed by atoms with Crippen molar-refractivity contribution in [2.24, 2.45) is 0 Å². The van der Waals surface area contributed by atoms with Gasteiger partial charge >= 0.3 is 0 Å². The molecule has 1 atom stereocenters. The topological polar surface area (TPSA) is 50.2 Å². The predicted molar refractivity (Wildman–Crippen MR) is 97.8 cm³/mol. The highest BCUT2D eigenvalue weighted by atomic mass is 16.1. The minimum absolute atomic E-state index is 0.0647. The van der Waals surface area contributed by atoms with Crippen molar-refractivity contribution >= 4 is 5.91 Å². The molecule has 0 bridgehead atoms. The minimum atomic E-state index is -0.0647. The summed E-state index contributed by atoms with van der Waals surface area (Å²) < 4.78 is 2.05. The Morgan fingerprint density at radius 2 is 2.00 bits per heavy atom. The predicted octanol–water partition coefficient (Wildman–Crippen LogP) is 2.24. The van der Waals surface area contributed by atoms with Crippen molar-refractivity contribution in [3.05, 3.63) is 52.8 Å². The van der Waals surface area contributed by atoms with Crippen molar-refractivity contribution < 1.29 is 4.79 Å². The van der Waals surface area contributed by atoms with Crippen molar-refractivity contribution in [2.75, 3.05) is 20.1 Å². The summed E-state index contributed by atoms with van der Waals surface area (Å²) in [6.07, 6.45) is 5.73. The molecule has 1 fully saturated rings. The van der Waals surface area contributed by atoms with Crippen molar-refractivity contribution in [1.82, 2.24) is 20.0 Å². The molecule has 5 heteroatoms. The lowest BCUT2D eigenvalue weighted by atomic mass is 9.90. The van der Waals surface area contributed by atoms with Gasteiger partial charge in [0.25, 0.3) is 5.91 Å². The van der Waals surface area contributed by atoms with E-state index in [4.69, 9.17) is 5.10 Å². The highest BCUT2D eigenvalue weighted by Gasteiger charge is 2.32. The number of amides is 1. The first-order chi connectivity index (χ1) is 12.3. The van der Waals surface area contributed by atoms with Crippen molar-refractivity contribution in [3.63, 3.8) is 0 Å². The maximum Gasteiger partial charge on any atom is 0.271 e. The third-order valence-electron chi connectivity index (χ3n) is 5.59. The van der Waals surface area contributed by atoms with Crippen LogP contribution in [0.25, 0.3) is 0 Å². The lowest BCUT2D eigenvalue weighted by Gasteiger charge is -2.31. The molecule has 1 N–H and O–H groups in total. The van der Waals surface area contributed by atoms with Crippen LogP contribution in [-0.4, -0.2) is 46.8 Å². The van der Waals surface area contributed by atoms with Crippen molar-refractivity contribution in [3.8, 4) is 0 Å². The number of carbonyl (C=O) groups is 1. The number of likely N-dealkylation sites (tertiary alicyclic amines) is 1. The molecule has 1 aliphatic carbocycles. The average molecular weight is 338 g/mol. The highest BCUT2D eigenvalue weighted by Crippen LogP contribution is 2.29. The van der Waals surface area contributed by atoms with Gasteiger partial charge in [0.2, 0.25) is 0 Å². The van der Waals surface area contributed by atoms with Gasteiger partial charge in [-0.15, -0.1) is 0 Å². The Kier molecular flexibility index (Phi) is 4.57. The number of hydrogen-bond acceptors (Lipinski definition) is 3. The fraction of sp³-hybridized carbons (Fsp3) is 0.500. The molecule has 0 radical (unpaired) electrons. The molecular weight excluding hydrogens is 312 g/mol. The Labute approximate surface area is 149 Å². The Bertz CT molecular complexity index is 747. The van der Waals surface area contributed by atoms with E-state index in [-0.39, 0.29) is 5.91 Å². The van der Waals surface area contributed by atoms with Gasteiger partial charge in [0.15, 0.2) is 5.69 Å². The number of hydrogen-bond donors (Lipinski definition) is 1. The van der Waals surface area contributed by atoms with Crippen LogP contribution in [0.1, 0.15) is 46.6 Å². The molecule has 2 aliphatic rings. The largest absolute Gasteiger partial charge is 0.354 e. The van der Waals surface area contributed by atoms with Crippen LogP contribution in [0.15, 0.2) is 30.3 Å². The van der Waals surface area contributed by atoms with Crippen molar-refractivity contribution in [2.45, 2.75) is 44.7 Å². The normalized spacial score (nSPS) is 20.4. The summed E-state index contributed by atoms with van der Waals surface area (Å²) in [5, 5.41) is 7.47. The first kappa shape index (κ1) is 16.3. The molecule has 4 rings (SSSR count). The molecule has 1 aromatic carbocycles. The molecule has 1 aromatic heterocycles. The number of carbonyl (C=O) groups excluding carboxylic acids is 1. The lowest BCUT2D eigenvalue weighted by Crippen LogP contribution is -2.38. The summed E-state index contributed by atoms with van der Waals surface area (Å²) in [4.78, 5) is 15.0. The molecule has 2 aromatic rings. The molecule has 2 heterocycles. The summed E-state index contributed by atoms with van der Waals surface area (Å²) in [6, 6.07) is 10.9. The van der Waals surface area contributed by atoms with Crippen LogP contribution in [0, 0.1) is 0 Å². The first-order valence-electron chi connectivity index (χ1n) is 9.35. The summed E-state index contributed by atoms with van der Waals surface area (Å²) in [6.45, 7) is 3.13. The standard InChI is InChI=1S/C20H26N4O/c1-21-20(25)19-17-13-16(23-11-5-6-12-23)9-10-18(17)24(22-19)14-15-7-3-2-4-8-15/h2-4,7-8,16H,5-6,9-14H2,1H3,(H,21,25)/t16-/m0/s1. The Balaban J connectivity index is 1.65. The third-order valence-corrected chi connectivity index (χ3v) is 5.59. The van der Waals surface area contributed by atoms with Crippen LogP contribution >= 0.6 is 0 Å². The van der Waals surface area contributed by atoms with Gasteiger partial charge in [-0.3, -0.25) is 9.48 Å². The fourth-order valence-corrected chi connectivity index (χ4v) is 4.28. The fourth-order valence-electron chi connectivity index (χ4n) is 4.28. The number of nitrogens with zero attached hydrogens (tertiary/aromatic N) is 3. The SMILES string of the molecule is CNC(=O)c1nn(Cc2ccccc2)c2c1C[C@@H](N1CCCC1)CC2. The van der Waals surface area contributed by atoms with E-state index in [1.54, 1.807) is 7.05 Å². The first-order valence-corrected chi connectivity index (χ1v) is 9.35. The van der Waals surface area contributed by atoms with Gasteiger partial charge in [0.1, 0.15) is 0 Å². The van der Waals surface area contributed by atoms with Crippen LogP contribution in [0.3, 0.4) is 0 Å². The molecule has 1 amide bonds. The van der Waals surface area contributed by atoms with Gasteiger partial charge in [0, 0.05) is 24.3 Å². The monoisotopic (exact) mass is 338 g/mol. The average Bonchev–Trinajstić information content (AvgIpc) is 3.30. The zero-order chi connectivity index (χ0) is 17.2. The molecule has 0 unspecified atom stereocenters. The van der Waals surface area contributed by atoms with E-state index in [1.807, 2.05) is 18.2 Å². The zero-order valence-corrected chi connectivity index (χ0v) is 14.9. The van der Waals surface area contributed by atoms with E-state index in [0.29, 0.717) is 11.7 Å². The highest BCUT2D eigenvalue weighted by molar-refractivity contribution is 5.93. The number of rotatable bonds is 4. The van der Waals surface area contributed by atoms with Crippen LogP contribution in [-0.2, 0) is 19.4 Å². The van der Waals surface area contributed by atoms with Crippen LogP contribution in [0.4, 0.5) is 0 Å².